The van der Waals surface area contributed by atoms with Crippen LogP contribution in [0.4, 0.5) is 0 Å². The van der Waals surface area contributed by atoms with Crippen LogP contribution in [0.5, 0.6) is 0 Å². The molecule has 0 aliphatic rings. The molecule has 0 amide bonds. The normalized spacial score (nSPS) is 14.0. The molecule has 0 aromatic carbocycles. The van der Waals surface area contributed by atoms with Gasteiger partial charge < -0.3 is 4.98 Å². The van der Waals surface area contributed by atoms with Crippen molar-refractivity contribution in [3.63, 3.8) is 0 Å². The zero-order valence-electron chi connectivity index (χ0n) is 14.6. The number of H-pyrrole nitrogens is 1. The highest BCUT2D eigenvalue weighted by atomic mass is 15.0. The van der Waals surface area contributed by atoms with E-state index in [1.165, 1.54) is 42.9 Å². The summed E-state index contributed by atoms with van der Waals surface area (Å²) >= 11 is 0. The summed E-state index contributed by atoms with van der Waals surface area (Å²) in [5.41, 5.74) is 2.86. The maximum Gasteiger partial charge on any atom is 0.109 e. The standard InChI is InChI=1S/C18H34N2/c1-8-10-11-12-18(6,7)16-15(13(3)4)19-17(20-16)14(5)9-2/h13-14H,8-12H2,1-7H3,(H,19,20). The molecule has 2 nitrogen and oxygen atoms in total. The summed E-state index contributed by atoms with van der Waals surface area (Å²) < 4.78 is 0. The van der Waals surface area contributed by atoms with Gasteiger partial charge in [0.15, 0.2) is 0 Å². The Kier molecular flexibility index (Phi) is 6.29. The zero-order chi connectivity index (χ0) is 15.3. The van der Waals surface area contributed by atoms with Crippen LogP contribution in [0.25, 0.3) is 0 Å². The molecule has 2 heteroatoms. The number of unbranched alkanes of at least 4 members (excludes halogenated alkanes) is 2. The van der Waals surface area contributed by atoms with Crippen LogP contribution in [0.3, 0.4) is 0 Å². The molecule has 20 heavy (non-hydrogen) atoms. The molecule has 1 heterocycles. The van der Waals surface area contributed by atoms with Gasteiger partial charge in [0.05, 0.1) is 5.69 Å². The molecular formula is C18H34N2. The Morgan fingerprint density at radius 1 is 1.10 bits per heavy atom. The van der Waals surface area contributed by atoms with E-state index in [4.69, 9.17) is 4.98 Å². The van der Waals surface area contributed by atoms with Crippen LogP contribution in [0.1, 0.15) is 110 Å². The fourth-order valence-electron chi connectivity index (χ4n) is 2.71. The third-order valence-electron chi connectivity index (χ3n) is 4.46. The van der Waals surface area contributed by atoms with E-state index in [2.05, 4.69) is 53.5 Å². The first-order chi connectivity index (χ1) is 9.33. The second-order valence-corrected chi connectivity index (χ2v) is 7.19. The number of nitrogens with one attached hydrogen (secondary N) is 1. The lowest BCUT2D eigenvalue weighted by Gasteiger charge is -2.25. The molecule has 0 fully saturated rings. The summed E-state index contributed by atoms with van der Waals surface area (Å²) in [6, 6.07) is 0. The van der Waals surface area contributed by atoms with Crippen molar-refractivity contribution in [3.8, 4) is 0 Å². The van der Waals surface area contributed by atoms with Crippen molar-refractivity contribution in [3.05, 3.63) is 17.2 Å². The molecule has 0 radical (unpaired) electrons. The SMILES string of the molecule is CCCCCC(C)(C)c1[nH]c(C(C)CC)nc1C(C)C. The van der Waals surface area contributed by atoms with Crippen LogP contribution in [0, 0.1) is 0 Å². The molecule has 1 aromatic rings. The minimum absolute atomic E-state index is 0.202. The van der Waals surface area contributed by atoms with Gasteiger partial charge in [-0.1, -0.05) is 67.7 Å². The Hall–Kier alpha value is -0.790. The molecule has 0 bridgehead atoms. The zero-order valence-corrected chi connectivity index (χ0v) is 14.6. The van der Waals surface area contributed by atoms with Crippen LogP contribution >= 0.6 is 0 Å². The maximum absolute atomic E-state index is 4.92. The van der Waals surface area contributed by atoms with Gasteiger partial charge in [-0.25, -0.2) is 4.98 Å². The highest BCUT2D eigenvalue weighted by Gasteiger charge is 2.28. The predicted octanol–water partition coefficient (Wildman–Crippen LogP) is 5.90. The Morgan fingerprint density at radius 2 is 1.75 bits per heavy atom. The van der Waals surface area contributed by atoms with Gasteiger partial charge in [-0.3, -0.25) is 0 Å². The second-order valence-electron chi connectivity index (χ2n) is 7.19. The van der Waals surface area contributed by atoms with Crippen LogP contribution in [0.2, 0.25) is 0 Å². The number of aromatic amines is 1. The minimum atomic E-state index is 0.202. The number of hydrogen-bond donors (Lipinski definition) is 1. The van der Waals surface area contributed by atoms with Gasteiger partial charge in [-0.15, -0.1) is 0 Å². The summed E-state index contributed by atoms with van der Waals surface area (Å²) in [6.07, 6.45) is 6.29. The number of nitrogens with zero attached hydrogens (tertiary/aromatic N) is 1. The molecule has 0 saturated carbocycles. The fourth-order valence-corrected chi connectivity index (χ4v) is 2.71. The second kappa shape index (κ2) is 7.28. The first-order valence-electron chi connectivity index (χ1n) is 8.43. The van der Waals surface area contributed by atoms with E-state index in [1.807, 2.05) is 0 Å². The molecule has 0 spiro atoms. The third kappa shape index (κ3) is 4.10. The van der Waals surface area contributed by atoms with Crippen molar-refractivity contribution in [2.45, 2.75) is 97.8 Å². The monoisotopic (exact) mass is 278 g/mol. The Bertz CT molecular complexity index is 402. The Balaban J connectivity index is 3.04. The molecule has 1 aromatic heterocycles. The smallest absolute Gasteiger partial charge is 0.109 e. The van der Waals surface area contributed by atoms with Crippen LogP contribution in [-0.4, -0.2) is 9.97 Å². The van der Waals surface area contributed by atoms with Gasteiger partial charge in [-0.2, -0.15) is 0 Å². The molecule has 1 rings (SSSR count). The Morgan fingerprint density at radius 3 is 2.25 bits per heavy atom. The summed E-state index contributed by atoms with van der Waals surface area (Å²) in [4.78, 5) is 8.59. The van der Waals surface area contributed by atoms with Crippen molar-refractivity contribution in [1.29, 1.82) is 0 Å². The van der Waals surface area contributed by atoms with Crippen molar-refractivity contribution in [2.75, 3.05) is 0 Å². The number of imidazole rings is 1. The van der Waals surface area contributed by atoms with Crippen molar-refractivity contribution < 1.29 is 0 Å². The lowest BCUT2D eigenvalue weighted by molar-refractivity contribution is 0.434. The maximum atomic E-state index is 4.92. The molecule has 1 N–H and O–H groups in total. The van der Waals surface area contributed by atoms with Crippen molar-refractivity contribution >= 4 is 0 Å². The average molecular weight is 278 g/mol. The van der Waals surface area contributed by atoms with Gasteiger partial charge in [0.2, 0.25) is 0 Å². The number of hydrogen-bond acceptors (Lipinski definition) is 1. The van der Waals surface area contributed by atoms with E-state index in [0.717, 1.165) is 6.42 Å². The quantitative estimate of drug-likeness (QED) is 0.589. The number of rotatable bonds is 8. The molecular weight excluding hydrogens is 244 g/mol. The van der Waals surface area contributed by atoms with Gasteiger partial charge in [0.1, 0.15) is 5.82 Å². The van der Waals surface area contributed by atoms with Crippen LogP contribution in [-0.2, 0) is 5.41 Å². The van der Waals surface area contributed by atoms with E-state index >= 15 is 0 Å². The molecule has 0 aliphatic carbocycles. The minimum Gasteiger partial charge on any atom is -0.345 e. The summed E-state index contributed by atoms with van der Waals surface area (Å²) in [7, 11) is 0. The summed E-state index contributed by atoms with van der Waals surface area (Å²) in [5, 5.41) is 0. The highest BCUT2D eigenvalue weighted by molar-refractivity contribution is 5.26. The predicted molar refractivity (Wildman–Crippen MR) is 88.6 cm³/mol. The van der Waals surface area contributed by atoms with E-state index in [1.54, 1.807) is 0 Å². The van der Waals surface area contributed by atoms with E-state index in [0.29, 0.717) is 11.8 Å². The van der Waals surface area contributed by atoms with Gasteiger partial charge in [0.25, 0.3) is 0 Å². The van der Waals surface area contributed by atoms with E-state index < -0.39 is 0 Å². The lowest BCUT2D eigenvalue weighted by atomic mass is 9.81. The van der Waals surface area contributed by atoms with Gasteiger partial charge in [0, 0.05) is 17.0 Å². The highest BCUT2D eigenvalue weighted by Crippen LogP contribution is 2.34. The third-order valence-corrected chi connectivity index (χ3v) is 4.46. The Labute approximate surface area is 125 Å². The van der Waals surface area contributed by atoms with Crippen LogP contribution in [0.15, 0.2) is 0 Å². The van der Waals surface area contributed by atoms with Gasteiger partial charge in [-0.05, 0) is 18.8 Å². The van der Waals surface area contributed by atoms with Crippen molar-refractivity contribution in [1.82, 2.24) is 9.97 Å². The average Bonchev–Trinajstić information content (AvgIpc) is 2.84. The van der Waals surface area contributed by atoms with Gasteiger partial charge >= 0.3 is 0 Å². The molecule has 1 atom stereocenters. The lowest BCUT2D eigenvalue weighted by Crippen LogP contribution is -2.20. The fraction of sp³-hybridized carbons (Fsp3) is 0.833. The molecule has 0 aliphatic heterocycles. The largest absolute Gasteiger partial charge is 0.345 e. The topological polar surface area (TPSA) is 28.7 Å². The first-order valence-corrected chi connectivity index (χ1v) is 8.43. The van der Waals surface area contributed by atoms with Crippen LogP contribution < -0.4 is 0 Å². The number of aromatic nitrogens is 2. The molecule has 116 valence electrons. The van der Waals surface area contributed by atoms with E-state index in [-0.39, 0.29) is 5.41 Å². The molecule has 1 unspecified atom stereocenters. The van der Waals surface area contributed by atoms with Crippen molar-refractivity contribution in [2.24, 2.45) is 0 Å². The molecule has 0 saturated heterocycles. The summed E-state index contributed by atoms with van der Waals surface area (Å²) in [5.74, 6) is 2.19. The van der Waals surface area contributed by atoms with E-state index in [9.17, 15) is 0 Å². The first kappa shape index (κ1) is 17.3. The summed E-state index contributed by atoms with van der Waals surface area (Å²) in [6.45, 7) is 16.0.